The van der Waals surface area contributed by atoms with Gasteiger partial charge in [0, 0.05) is 50.2 Å². The quantitative estimate of drug-likeness (QED) is 0.566. The van der Waals surface area contributed by atoms with Gasteiger partial charge in [-0.15, -0.1) is 10.2 Å². The third-order valence-electron chi connectivity index (χ3n) is 5.32. The third kappa shape index (κ3) is 5.14. The molecule has 8 heteroatoms. The fourth-order valence-electron chi connectivity index (χ4n) is 3.64. The minimum atomic E-state index is -0.571. The van der Waals surface area contributed by atoms with Crippen LogP contribution in [0, 0.1) is 0 Å². The molecule has 0 bridgehead atoms. The van der Waals surface area contributed by atoms with E-state index < -0.39 is 6.10 Å². The molecule has 1 saturated heterocycles. The summed E-state index contributed by atoms with van der Waals surface area (Å²) in [5, 5.41) is 8.72. The van der Waals surface area contributed by atoms with Crippen LogP contribution in [0.5, 0.6) is 11.5 Å². The van der Waals surface area contributed by atoms with E-state index in [9.17, 15) is 4.79 Å². The molecular weight excluding hydrogens is 406 g/mol. The molecule has 1 aromatic carbocycles. The normalized spacial score (nSPS) is 14.7. The number of carbonyl (C=O) groups excluding carboxylic acids is 1. The maximum atomic E-state index is 12.9. The second-order valence-corrected chi connectivity index (χ2v) is 7.49. The number of hydrogen-bond donors (Lipinski definition) is 0. The van der Waals surface area contributed by atoms with Gasteiger partial charge in [0.25, 0.3) is 5.91 Å². The maximum absolute atomic E-state index is 12.9. The second-order valence-electron chi connectivity index (χ2n) is 7.49. The molecular formula is C24H27N5O3. The highest BCUT2D eigenvalue weighted by atomic mass is 16.5. The van der Waals surface area contributed by atoms with E-state index in [1.54, 1.807) is 25.4 Å². The van der Waals surface area contributed by atoms with Crippen LogP contribution in [0.2, 0.25) is 0 Å². The second kappa shape index (κ2) is 10.1. The molecule has 0 radical (unpaired) electrons. The first kappa shape index (κ1) is 21.5. The van der Waals surface area contributed by atoms with Crippen molar-refractivity contribution in [2.24, 2.45) is 0 Å². The molecule has 8 nitrogen and oxygen atoms in total. The maximum Gasteiger partial charge on any atom is 0.263 e. The summed E-state index contributed by atoms with van der Waals surface area (Å²) in [4.78, 5) is 20.9. The summed E-state index contributed by atoms with van der Waals surface area (Å²) >= 11 is 0. The van der Waals surface area contributed by atoms with Crippen molar-refractivity contribution in [1.29, 1.82) is 0 Å². The number of piperazine rings is 1. The van der Waals surface area contributed by atoms with Crippen molar-refractivity contribution in [1.82, 2.24) is 20.1 Å². The number of anilines is 1. The molecule has 3 heterocycles. The third-order valence-corrected chi connectivity index (χ3v) is 5.32. The summed E-state index contributed by atoms with van der Waals surface area (Å²) in [5.74, 6) is 2.15. The van der Waals surface area contributed by atoms with E-state index in [1.807, 2.05) is 54.3 Å². The van der Waals surface area contributed by atoms with Crippen molar-refractivity contribution in [2.75, 3.05) is 37.7 Å². The lowest BCUT2D eigenvalue weighted by molar-refractivity contribution is -0.138. The molecule has 3 aromatic rings. The summed E-state index contributed by atoms with van der Waals surface area (Å²) in [6, 6.07) is 15.1. The lowest BCUT2D eigenvalue weighted by atomic mass is 10.2. The molecule has 1 aliphatic rings. The van der Waals surface area contributed by atoms with Gasteiger partial charge >= 0.3 is 0 Å². The number of rotatable bonds is 7. The average molecular weight is 434 g/mol. The van der Waals surface area contributed by atoms with Crippen molar-refractivity contribution in [3.8, 4) is 22.8 Å². The molecule has 1 aliphatic heterocycles. The van der Waals surface area contributed by atoms with Crippen LogP contribution in [0.25, 0.3) is 11.3 Å². The van der Waals surface area contributed by atoms with Crippen LogP contribution in [0.3, 0.4) is 0 Å². The van der Waals surface area contributed by atoms with Gasteiger partial charge in [0.1, 0.15) is 11.5 Å². The van der Waals surface area contributed by atoms with E-state index in [1.165, 1.54) is 0 Å². The molecule has 0 N–H and O–H groups in total. The predicted molar refractivity (Wildman–Crippen MR) is 122 cm³/mol. The Bertz CT molecular complexity index is 1020. The Morgan fingerprint density at radius 1 is 1.00 bits per heavy atom. The SMILES string of the molecule is CCOc1cccc(OC(C)C(=O)N2CCN(c3ccc(-c4ccncc4)nn3)CC2)c1. The van der Waals surface area contributed by atoms with Crippen LogP contribution in [0.4, 0.5) is 5.82 Å². The van der Waals surface area contributed by atoms with Crippen molar-refractivity contribution in [3.63, 3.8) is 0 Å². The number of benzene rings is 1. The van der Waals surface area contributed by atoms with Crippen molar-refractivity contribution in [2.45, 2.75) is 20.0 Å². The summed E-state index contributed by atoms with van der Waals surface area (Å²) in [5.41, 5.74) is 1.79. The van der Waals surface area contributed by atoms with E-state index in [4.69, 9.17) is 9.47 Å². The van der Waals surface area contributed by atoms with Gasteiger partial charge in [-0.05, 0) is 50.2 Å². The Hall–Kier alpha value is -3.68. The minimum absolute atomic E-state index is 0.0226. The molecule has 166 valence electrons. The zero-order valence-electron chi connectivity index (χ0n) is 18.3. The number of carbonyl (C=O) groups is 1. The molecule has 1 amide bonds. The number of pyridine rings is 1. The molecule has 0 aliphatic carbocycles. The van der Waals surface area contributed by atoms with E-state index in [2.05, 4.69) is 20.1 Å². The Morgan fingerprint density at radius 3 is 2.44 bits per heavy atom. The van der Waals surface area contributed by atoms with Crippen molar-refractivity contribution in [3.05, 3.63) is 60.9 Å². The van der Waals surface area contributed by atoms with Gasteiger partial charge in [-0.25, -0.2) is 0 Å². The summed E-state index contributed by atoms with van der Waals surface area (Å²) in [6.07, 6.45) is 2.90. The zero-order chi connectivity index (χ0) is 22.3. The first-order valence-electron chi connectivity index (χ1n) is 10.8. The topological polar surface area (TPSA) is 80.7 Å². The van der Waals surface area contributed by atoms with E-state index >= 15 is 0 Å². The van der Waals surface area contributed by atoms with E-state index in [0.29, 0.717) is 38.5 Å². The van der Waals surface area contributed by atoms with Crippen LogP contribution < -0.4 is 14.4 Å². The van der Waals surface area contributed by atoms with E-state index in [0.717, 1.165) is 22.8 Å². The Kier molecular flexibility index (Phi) is 6.79. The van der Waals surface area contributed by atoms with Gasteiger partial charge in [0.15, 0.2) is 11.9 Å². The van der Waals surface area contributed by atoms with Gasteiger partial charge in [0.05, 0.1) is 12.3 Å². The highest BCUT2D eigenvalue weighted by molar-refractivity contribution is 5.81. The van der Waals surface area contributed by atoms with Crippen LogP contribution in [-0.2, 0) is 4.79 Å². The fraction of sp³-hybridized carbons (Fsp3) is 0.333. The van der Waals surface area contributed by atoms with E-state index in [-0.39, 0.29) is 5.91 Å². The molecule has 2 aromatic heterocycles. The standard InChI is InChI=1S/C24H27N5O3/c1-3-31-20-5-4-6-21(17-20)32-18(2)24(30)29-15-13-28(14-16-29)23-8-7-22(26-27-23)19-9-11-25-12-10-19/h4-12,17-18H,3,13-16H2,1-2H3. The molecule has 1 unspecified atom stereocenters. The van der Waals surface area contributed by atoms with Crippen LogP contribution in [0.1, 0.15) is 13.8 Å². The zero-order valence-corrected chi connectivity index (χ0v) is 18.3. The lowest BCUT2D eigenvalue weighted by Gasteiger charge is -2.36. The van der Waals surface area contributed by atoms with Crippen molar-refractivity contribution >= 4 is 11.7 Å². The van der Waals surface area contributed by atoms with Crippen LogP contribution >= 0.6 is 0 Å². The number of aromatic nitrogens is 3. The number of amides is 1. The Morgan fingerprint density at radius 2 is 1.75 bits per heavy atom. The Labute approximate surface area is 187 Å². The fourth-order valence-corrected chi connectivity index (χ4v) is 3.64. The highest BCUT2D eigenvalue weighted by Gasteiger charge is 2.26. The summed E-state index contributed by atoms with van der Waals surface area (Å²) < 4.78 is 11.4. The highest BCUT2D eigenvalue weighted by Crippen LogP contribution is 2.22. The van der Waals surface area contributed by atoms with Gasteiger partial charge in [-0.1, -0.05) is 6.07 Å². The van der Waals surface area contributed by atoms with Crippen LogP contribution in [0.15, 0.2) is 60.9 Å². The summed E-state index contributed by atoms with van der Waals surface area (Å²) in [6.45, 7) is 6.91. The average Bonchev–Trinajstić information content (AvgIpc) is 2.85. The monoisotopic (exact) mass is 433 g/mol. The largest absolute Gasteiger partial charge is 0.494 e. The molecule has 0 spiro atoms. The molecule has 4 rings (SSSR count). The van der Waals surface area contributed by atoms with Crippen molar-refractivity contribution < 1.29 is 14.3 Å². The number of hydrogen-bond acceptors (Lipinski definition) is 7. The lowest BCUT2D eigenvalue weighted by Crippen LogP contribution is -2.52. The number of ether oxygens (including phenoxy) is 2. The summed E-state index contributed by atoms with van der Waals surface area (Å²) in [7, 11) is 0. The van der Waals surface area contributed by atoms with Gasteiger partial charge in [-0.2, -0.15) is 0 Å². The van der Waals surface area contributed by atoms with Crippen LogP contribution in [-0.4, -0.2) is 64.9 Å². The molecule has 0 saturated carbocycles. The Balaban J connectivity index is 1.31. The molecule has 1 fully saturated rings. The van der Waals surface area contributed by atoms with Gasteiger partial charge < -0.3 is 19.3 Å². The predicted octanol–water partition coefficient (Wildman–Crippen LogP) is 3.05. The molecule has 32 heavy (non-hydrogen) atoms. The smallest absolute Gasteiger partial charge is 0.263 e. The first-order valence-corrected chi connectivity index (χ1v) is 10.8. The first-order chi connectivity index (χ1) is 15.6. The van der Waals surface area contributed by atoms with Gasteiger partial charge in [0.2, 0.25) is 0 Å². The molecule has 1 atom stereocenters. The number of nitrogens with zero attached hydrogens (tertiary/aromatic N) is 5. The minimum Gasteiger partial charge on any atom is -0.494 e. The van der Waals surface area contributed by atoms with Gasteiger partial charge in [-0.3, -0.25) is 9.78 Å².